The second kappa shape index (κ2) is 10.6. The lowest BCUT2D eigenvalue weighted by atomic mass is 10.1. The Balaban J connectivity index is 1.94. The van der Waals surface area contributed by atoms with E-state index in [1.165, 1.54) is 31.4 Å². The maximum Gasteiger partial charge on any atom is 0.244 e. The van der Waals surface area contributed by atoms with E-state index in [0.717, 1.165) is 23.6 Å². The van der Waals surface area contributed by atoms with E-state index in [-0.39, 0.29) is 16.6 Å². The van der Waals surface area contributed by atoms with E-state index in [9.17, 15) is 13.5 Å². The number of hydrogen-bond acceptors (Lipinski definition) is 4. The molecule has 0 aliphatic carbocycles. The van der Waals surface area contributed by atoms with E-state index in [1.54, 1.807) is 0 Å². The van der Waals surface area contributed by atoms with Gasteiger partial charge in [-0.1, -0.05) is 57.4 Å². The van der Waals surface area contributed by atoms with Gasteiger partial charge in [-0.2, -0.15) is 0 Å². The maximum atomic E-state index is 12.7. The van der Waals surface area contributed by atoms with Crippen molar-refractivity contribution in [2.45, 2.75) is 50.8 Å². The van der Waals surface area contributed by atoms with Crippen LogP contribution in [0.3, 0.4) is 0 Å². The van der Waals surface area contributed by atoms with E-state index in [2.05, 4.69) is 11.6 Å². The summed E-state index contributed by atoms with van der Waals surface area (Å²) >= 11 is 0. The molecule has 0 saturated heterocycles. The van der Waals surface area contributed by atoms with E-state index in [0.29, 0.717) is 19.8 Å². The summed E-state index contributed by atoms with van der Waals surface area (Å²) in [7, 11) is -3.79. The lowest BCUT2D eigenvalue weighted by Crippen LogP contribution is -2.31. The van der Waals surface area contributed by atoms with Gasteiger partial charge in [-0.05, 0) is 41.7 Å². The van der Waals surface area contributed by atoms with Gasteiger partial charge in [0.25, 0.3) is 0 Å². The van der Waals surface area contributed by atoms with Gasteiger partial charge >= 0.3 is 0 Å². The van der Waals surface area contributed by atoms with Crippen LogP contribution in [0.25, 0.3) is 10.8 Å². The predicted octanol–water partition coefficient (Wildman–Crippen LogP) is 4.45. The zero-order chi connectivity index (χ0) is 19.7. The van der Waals surface area contributed by atoms with Gasteiger partial charge in [0.15, 0.2) is 0 Å². The highest BCUT2D eigenvalue weighted by Crippen LogP contribution is 2.28. The van der Waals surface area contributed by atoms with Crippen LogP contribution < -0.4 is 4.72 Å². The molecule has 5 nitrogen and oxygen atoms in total. The zero-order valence-electron chi connectivity index (χ0n) is 16.3. The average molecular weight is 394 g/mol. The Bertz CT molecular complexity index is 820. The number of benzene rings is 2. The third-order valence-electron chi connectivity index (χ3n) is 4.75. The molecule has 6 heteroatoms. The first kappa shape index (κ1) is 21.7. The number of rotatable bonds is 12. The number of nitrogens with one attached hydrogen (secondary N) is 1. The Hall–Kier alpha value is -1.63. The van der Waals surface area contributed by atoms with E-state index < -0.39 is 10.0 Å². The van der Waals surface area contributed by atoms with Crippen LogP contribution in [0.15, 0.2) is 41.3 Å². The number of phenols is 1. The molecular weight excluding hydrogens is 362 g/mol. The molecule has 2 aromatic carbocycles. The summed E-state index contributed by atoms with van der Waals surface area (Å²) in [5, 5.41) is 11.7. The van der Waals surface area contributed by atoms with E-state index in [4.69, 9.17) is 4.74 Å². The van der Waals surface area contributed by atoms with Crippen molar-refractivity contribution in [1.29, 1.82) is 0 Å². The SMILES string of the molecule is CCCCCCOCC(CC)CNS(=O)(=O)c1cc2ccccc2cc1O. The lowest BCUT2D eigenvalue weighted by Gasteiger charge is -2.17. The number of phenolic OH excluding ortho intramolecular Hbond substituents is 1. The van der Waals surface area contributed by atoms with Crippen LogP contribution in [0.2, 0.25) is 0 Å². The third kappa shape index (κ3) is 6.48. The van der Waals surface area contributed by atoms with Crippen LogP contribution in [-0.2, 0) is 14.8 Å². The Morgan fingerprint density at radius 1 is 1.07 bits per heavy atom. The van der Waals surface area contributed by atoms with Gasteiger partial charge in [-0.25, -0.2) is 13.1 Å². The lowest BCUT2D eigenvalue weighted by molar-refractivity contribution is 0.0959. The molecular formula is C21H31NO4S. The summed E-state index contributed by atoms with van der Waals surface area (Å²) < 4.78 is 33.6. The molecule has 2 N–H and O–H groups in total. The first-order chi connectivity index (χ1) is 13.0. The molecule has 0 radical (unpaired) electrons. The first-order valence-corrected chi connectivity index (χ1v) is 11.3. The van der Waals surface area contributed by atoms with Crippen molar-refractivity contribution >= 4 is 20.8 Å². The van der Waals surface area contributed by atoms with Gasteiger partial charge in [0.1, 0.15) is 10.6 Å². The minimum absolute atomic E-state index is 0.0865. The summed E-state index contributed by atoms with van der Waals surface area (Å²) in [4.78, 5) is -0.0865. The van der Waals surface area contributed by atoms with Crippen molar-refractivity contribution < 1.29 is 18.3 Å². The van der Waals surface area contributed by atoms with Crippen molar-refractivity contribution in [3.05, 3.63) is 36.4 Å². The molecule has 0 amide bonds. The standard InChI is InChI=1S/C21H31NO4S/c1-3-5-6-9-12-26-16-17(4-2)15-22-27(24,25)21-14-19-11-8-7-10-18(19)13-20(21)23/h7-8,10-11,13-14,17,22-23H,3-6,9,12,15-16H2,1-2H3. The highest BCUT2D eigenvalue weighted by molar-refractivity contribution is 7.89. The molecule has 0 saturated carbocycles. The van der Waals surface area contributed by atoms with E-state index in [1.807, 2.05) is 31.2 Å². The molecule has 150 valence electrons. The number of ether oxygens (including phenoxy) is 1. The first-order valence-electron chi connectivity index (χ1n) is 9.77. The van der Waals surface area contributed by atoms with Gasteiger partial charge in [-0.15, -0.1) is 0 Å². The van der Waals surface area contributed by atoms with Crippen molar-refractivity contribution in [2.24, 2.45) is 5.92 Å². The molecule has 0 aliphatic heterocycles. The Morgan fingerprint density at radius 2 is 1.78 bits per heavy atom. The summed E-state index contributed by atoms with van der Waals surface area (Å²) in [6, 6.07) is 10.4. The van der Waals surface area contributed by atoms with Gasteiger partial charge in [0.2, 0.25) is 10.0 Å². The van der Waals surface area contributed by atoms with Crippen LogP contribution in [0, 0.1) is 5.92 Å². The summed E-state index contributed by atoms with van der Waals surface area (Å²) in [5.74, 6) is -0.130. The van der Waals surface area contributed by atoms with Gasteiger partial charge < -0.3 is 9.84 Å². The molecule has 2 aromatic rings. The fourth-order valence-electron chi connectivity index (χ4n) is 2.93. The Kier molecular flexibility index (Phi) is 8.54. The second-order valence-electron chi connectivity index (χ2n) is 6.93. The number of sulfonamides is 1. The molecule has 1 atom stereocenters. The maximum absolute atomic E-state index is 12.7. The number of unbranched alkanes of at least 4 members (excludes halogenated alkanes) is 3. The van der Waals surface area contributed by atoms with Crippen LogP contribution >= 0.6 is 0 Å². The molecule has 0 fully saturated rings. The quantitative estimate of drug-likeness (QED) is 0.523. The zero-order valence-corrected chi connectivity index (χ0v) is 17.1. The van der Waals surface area contributed by atoms with Crippen LogP contribution in [0.5, 0.6) is 5.75 Å². The monoisotopic (exact) mass is 393 g/mol. The highest BCUT2D eigenvalue weighted by Gasteiger charge is 2.20. The van der Waals surface area contributed by atoms with Gasteiger partial charge in [-0.3, -0.25) is 0 Å². The topological polar surface area (TPSA) is 75.6 Å². The molecule has 0 aliphatic rings. The number of aromatic hydroxyl groups is 1. The summed E-state index contributed by atoms with van der Waals surface area (Å²) in [6.07, 6.45) is 5.44. The van der Waals surface area contributed by atoms with Crippen molar-refractivity contribution in [3.8, 4) is 5.75 Å². The number of hydrogen-bond donors (Lipinski definition) is 2. The largest absolute Gasteiger partial charge is 0.507 e. The molecule has 2 rings (SSSR count). The molecule has 0 aromatic heterocycles. The average Bonchev–Trinajstić information content (AvgIpc) is 2.66. The second-order valence-corrected chi connectivity index (χ2v) is 8.66. The Morgan fingerprint density at radius 3 is 2.44 bits per heavy atom. The molecule has 0 heterocycles. The third-order valence-corrected chi connectivity index (χ3v) is 6.20. The molecule has 0 spiro atoms. The highest BCUT2D eigenvalue weighted by atomic mass is 32.2. The minimum atomic E-state index is -3.79. The van der Waals surface area contributed by atoms with Crippen molar-refractivity contribution in [3.63, 3.8) is 0 Å². The van der Waals surface area contributed by atoms with Crippen LogP contribution in [0.4, 0.5) is 0 Å². The summed E-state index contributed by atoms with van der Waals surface area (Å²) in [6.45, 7) is 5.74. The van der Waals surface area contributed by atoms with Crippen molar-refractivity contribution in [1.82, 2.24) is 4.72 Å². The molecule has 0 bridgehead atoms. The fourth-order valence-corrected chi connectivity index (χ4v) is 4.16. The van der Waals surface area contributed by atoms with Gasteiger partial charge in [0, 0.05) is 13.2 Å². The summed E-state index contributed by atoms with van der Waals surface area (Å²) in [5.41, 5.74) is 0. The van der Waals surface area contributed by atoms with Gasteiger partial charge in [0.05, 0.1) is 6.61 Å². The molecule has 1 unspecified atom stereocenters. The minimum Gasteiger partial charge on any atom is -0.507 e. The fraction of sp³-hybridized carbons (Fsp3) is 0.524. The predicted molar refractivity (Wildman–Crippen MR) is 110 cm³/mol. The van der Waals surface area contributed by atoms with Crippen LogP contribution in [-0.4, -0.2) is 33.3 Å². The van der Waals surface area contributed by atoms with Crippen molar-refractivity contribution in [2.75, 3.05) is 19.8 Å². The molecule has 27 heavy (non-hydrogen) atoms. The Labute approximate surface area is 162 Å². The normalized spacial score (nSPS) is 13.1. The number of fused-ring (bicyclic) bond motifs is 1. The van der Waals surface area contributed by atoms with Crippen LogP contribution in [0.1, 0.15) is 46.0 Å². The van der Waals surface area contributed by atoms with E-state index >= 15 is 0 Å². The smallest absolute Gasteiger partial charge is 0.244 e.